The maximum Gasteiger partial charge on any atom is 0.332 e. The van der Waals surface area contributed by atoms with Crippen molar-refractivity contribution in [1.82, 2.24) is 28.7 Å². The molecule has 10 heteroatoms. The van der Waals surface area contributed by atoms with E-state index in [0.29, 0.717) is 11.5 Å². The summed E-state index contributed by atoms with van der Waals surface area (Å²) in [5.74, 6) is -0.0165. The van der Waals surface area contributed by atoms with E-state index in [4.69, 9.17) is 0 Å². The number of carbonyl (C=O) groups is 1. The Hall–Kier alpha value is -4.08. The molecule has 0 saturated carbocycles. The second kappa shape index (κ2) is 7.15. The Balaban J connectivity index is 1.57. The maximum atomic E-state index is 12.7. The van der Waals surface area contributed by atoms with Gasteiger partial charge in [0.1, 0.15) is 6.54 Å². The Labute approximate surface area is 164 Å². The lowest BCUT2D eigenvalue weighted by molar-refractivity contribution is -0.116. The van der Waals surface area contributed by atoms with E-state index < -0.39 is 23.7 Å². The summed E-state index contributed by atoms with van der Waals surface area (Å²) in [6.45, 7) is -0.437. The number of benzene rings is 1. The smallest absolute Gasteiger partial charge is 0.328 e. The molecule has 29 heavy (non-hydrogen) atoms. The molecule has 0 saturated heterocycles. The van der Waals surface area contributed by atoms with E-state index >= 15 is 0 Å². The summed E-state index contributed by atoms with van der Waals surface area (Å²) in [5.41, 5.74) is 0.534. The number of rotatable bonds is 4. The number of nitrogens with one attached hydrogen (secondary N) is 1. The molecule has 3 aromatic heterocycles. The minimum Gasteiger partial charge on any atom is -0.328 e. The minimum atomic E-state index is -0.618. The number of carbonyl (C=O) groups excluding carboxylic acids is 1. The molecule has 4 aromatic rings. The first-order valence-corrected chi connectivity index (χ1v) is 8.74. The van der Waals surface area contributed by atoms with Crippen molar-refractivity contribution in [3.05, 3.63) is 69.9 Å². The molecule has 0 bridgehead atoms. The summed E-state index contributed by atoms with van der Waals surface area (Å²) in [6.07, 6.45) is 4.39. The van der Waals surface area contributed by atoms with Crippen LogP contribution in [0.5, 0.6) is 0 Å². The Morgan fingerprint density at radius 1 is 1.03 bits per heavy atom. The molecule has 1 amide bonds. The van der Waals surface area contributed by atoms with E-state index in [0.717, 1.165) is 10.1 Å². The van der Waals surface area contributed by atoms with Crippen LogP contribution in [0.2, 0.25) is 0 Å². The first kappa shape index (κ1) is 18.3. The molecule has 3 heterocycles. The van der Waals surface area contributed by atoms with Gasteiger partial charge in [-0.3, -0.25) is 14.2 Å². The molecule has 4 rings (SSSR count). The predicted molar refractivity (Wildman–Crippen MR) is 106 cm³/mol. The Morgan fingerprint density at radius 2 is 1.72 bits per heavy atom. The molecule has 146 valence electrons. The van der Waals surface area contributed by atoms with E-state index in [2.05, 4.69) is 20.3 Å². The second-order valence-corrected chi connectivity index (χ2v) is 6.47. The third-order valence-corrected chi connectivity index (χ3v) is 4.47. The van der Waals surface area contributed by atoms with Gasteiger partial charge in [0.15, 0.2) is 17.0 Å². The highest BCUT2D eigenvalue weighted by Gasteiger charge is 2.17. The van der Waals surface area contributed by atoms with Crippen LogP contribution in [0.3, 0.4) is 0 Å². The van der Waals surface area contributed by atoms with Crippen molar-refractivity contribution in [3.8, 4) is 11.4 Å². The molecule has 0 radical (unpaired) electrons. The number of hydrogen-bond acceptors (Lipinski definition) is 6. The van der Waals surface area contributed by atoms with Crippen LogP contribution >= 0.6 is 0 Å². The fraction of sp³-hybridized carbons (Fsp3) is 0.158. The molecule has 0 aliphatic carbocycles. The molecular formula is C19H17N7O3. The van der Waals surface area contributed by atoms with Gasteiger partial charge in [-0.2, -0.15) is 0 Å². The van der Waals surface area contributed by atoms with Gasteiger partial charge in [-0.15, -0.1) is 0 Å². The van der Waals surface area contributed by atoms with E-state index in [-0.39, 0.29) is 11.2 Å². The predicted octanol–water partition coefficient (Wildman–Crippen LogP) is 0.529. The van der Waals surface area contributed by atoms with Gasteiger partial charge in [-0.05, 0) is 0 Å². The summed E-state index contributed by atoms with van der Waals surface area (Å²) < 4.78 is 3.63. The number of imidazole rings is 1. The molecular weight excluding hydrogens is 374 g/mol. The van der Waals surface area contributed by atoms with Crippen LogP contribution in [0.1, 0.15) is 0 Å². The van der Waals surface area contributed by atoms with E-state index in [1.807, 2.05) is 30.3 Å². The number of amides is 1. The van der Waals surface area contributed by atoms with Crippen LogP contribution in [0.25, 0.3) is 22.6 Å². The molecule has 0 atom stereocenters. The molecule has 0 aliphatic heterocycles. The van der Waals surface area contributed by atoms with Gasteiger partial charge in [0.05, 0.1) is 24.4 Å². The third-order valence-electron chi connectivity index (χ3n) is 4.47. The highest BCUT2D eigenvalue weighted by molar-refractivity contribution is 5.90. The summed E-state index contributed by atoms with van der Waals surface area (Å²) in [4.78, 5) is 50.1. The molecule has 0 fully saturated rings. The molecule has 0 aliphatic rings. The van der Waals surface area contributed by atoms with Crippen molar-refractivity contribution in [2.75, 3.05) is 5.32 Å². The third kappa shape index (κ3) is 3.31. The summed E-state index contributed by atoms with van der Waals surface area (Å²) >= 11 is 0. The molecule has 0 spiro atoms. The fourth-order valence-electron chi connectivity index (χ4n) is 3.01. The number of hydrogen-bond donors (Lipinski definition) is 1. The molecule has 10 nitrogen and oxygen atoms in total. The Kier molecular flexibility index (Phi) is 4.51. The normalized spacial score (nSPS) is 11.0. The average molecular weight is 391 g/mol. The largest absolute Gasteiger partial charge is 0.332 e. The quantitative estimate of drug-likeness (QED) is 0.542. The number of aryl methyl sites for hydroxylation is 2. The maximum absolute atomic E-state index is 12.7. The van der Waals surface area contributed by atoms with E-state index in [1.165, 1.54) is 34.9 Å². The zero-order chi connectivity index (χ0) is 20.5. The minimum absolute atomic E-state index is 0.246. The second-order valence-electron chi connectivity index (χ2n) is 6.47. The molecule has 1 N–H and O–H groups in total. The number of anilines is 1. The van der Waals surface area contributed by atoms with Crippen molar-refractivity contribution >= 4 is 22.8 Å². The van der Waals surface area contributed by atoms with Crippen molar-refractivity contribution in [3.63, 3.8) is 0 Å². The van der Waals surface area contributed by atoms with Crippen LogP contribution in [0.15, 0.2) is 58.6 Å². The first-order valence-electron chi connectivity index (χ1n) is 8.74. The van der Waals surface area contributed by atoms with Gasteiger partial charge < -0.3 is 9.88 Å². The topological polar surface area (TPSA) is 117 Å². The zero-order valence-corrected chi connectivity index (χ0v) is 15.7. The zero-order valence-electron chi connectivity index (χ0n) is 15.7. The van der Waals surface area contributed by atoms with Crippen molar-refractivity contribution in [1.29, 1.82) is 0 Å². The molecule has 0 unspecified atom stereocenters. The van der Waals surface area contributed by atoms with E-state index in [1.54, 1.807) is 7.05 Å². The highest BCUT2D eigenvalue weighted by atomic mass is 16.2. The van der Waals surface area contributed by atoms with Gasteiger partial charge >= 0.3 is 5.69 Å². The van der Waals surface area contributed by atoms with E-state index in [9.17, 15) is 14.4 Å². The van der Waals surface area contributed by atoms with Crippen molar-refractivity contribution < 1.29 is 4.79 Å². The number of aromatic nitrogens is 6. The Bertz CT molecular complexity index is 1320. The van der Waals surface area contributed by atoms with Gasteiger partial charge in [0.25, 0.3) is 5.56 Å². The summed E-state index contributed by atoms with van der Waals surface area (Å²) in [5, 5.41) is 2.61. The number of nitrogens with zero attached hydrogens (tertiary/aromatic N) is 6. The van der Waals surface area contributed by atoms with Crippen LogP contribution < -0.4 is 16.6 Å². The van der Waals surface area contributed by atoms with Crippen molar-refractivity contribution in [2.45, 2.75) is 6.54 Å². The average Bonchev–Trinajstić information content (AvgIpc) is 3.12. The van der Waals surface area contributed by atoms with Crippen LogP contribution in [-0.4, -0.2) is 34.6 Å². The lowest BCUT2D eigenvalue weighted by Gasteiger charge is -2.09. The lowest BCUT2D eigenvalue weighted by Crippen LogP contribution is -2.42. The monoisotopic (exact) mass is 391 g/mol. The van der Waals surface area contributed by atoms with Crippen LogP contribution in [0.4, 0.5) is 5.69 Å². The van der Waals surface area contributed by atoms with Gasteiger partial charge in [0, 0.05) is 19.7 Å². The lowest BCUT2D eigenvalue weighted by atomic mass is 10.2. The van der Waals surface area contributed by atoms with Crippen LogP contribution in [-0.2, 0) is 25.4 Å². The standard InChI is InChI=1S/C19H17N7O3/c1-24-11-22-17-15(24)18(28)26(19(29)25(17)2)10-14(27)23-13-8-20-16(21-9-13)12-6-4-3-5-7-12/h3-9,11H,10H2,1-2H3,(H,23,27). The first-order chi connectivity index (χ1) is 14.0. The summed E-state index contributed by atoms with van der Waals surface area (Å²) in [7, 11) is 3.15. The fourth-order valence-corrected chi connectivity index (χ4v) is 3.01. The highest BCUT2D eigenvalue weighted by Crippen LogP contribution is 2.14. The Morgan fingerprint density at radius 3 is 2.41 bits per heavy atom. The SMILES string of the molecule is Cn1cnc2c1c(=O)n(CC(=O)Nc1cnc(-c3ccccc3)nc1)c(=O)n2C. The van der Waals surface area contributed by atoms with Crippen molar-refractivity contribution in [2.24, 2.45) is 14.1 Å². The number of fused-ring (bicyclic) bond motifs is 1. The van der Waals surface area contributed by atoms with Crippen LogP contribution in [0, 0.1) is 0 Å². The summed E-state index contributed by atoms with van der Waals surface area (Å²) in [6, 6.07) is 9.42. The van der Waals surface area contributed by atoms with Gasteiger partial charge in [-0.25, -0.2) is 24.3 Å². The van der Waals surface area contributed by atoms with Gasteiger partial charge in [-0.1, -0.05) is 30.3 Å². The van der Waals surface area contributed by atoms with Gasteiger partial charge in [0.2, 0.25) is 5.91 Å². The molecule has 1 aromatic carbocycles.